The number of hydrogen-bond donors (Lipinski definition) is 2. The maximum absolute atomic E-state index is 11.2. The highest BCUT2D eigenvalue weighted by atomic mass is 127. The second kappa shape index (κ2) is 11.1. The zero-order chi connectivity index (χ0) is 16.6. The van der Waals surface area contributed by atoms with Crippen molar-refractivity contribution in [1.29, 1.82) is 0 Å². The molecule has 1 aromatic rings. The first-order valence-electron chi connectivity index (χ1n) is 7.12. The molecule has 8 heteroatoms. The molecule has 1 rings (SSSR count). The van der Waals surface area contributed by atoms with Crippen LogP contribution in [0.15, 0.2) is 34.2 Å². The van der Waals surface area contributed by atoms with Gasteiger partial charge in [0.25, 0.3) is 0 Å². The Bertz CT molecular complexity index is 589. The molecule has 0 bridgehead atoms. The van der Waals surface area contributed by atoms with E-state index in [1.807, 2.05) is 6.92 Å². The number of sulfone groups is 1. The third kappa shape index (κ3) is 10.1. The largest absolute Gasteiger partial charge is 0.354 e. The van der Waals surface area contributed by atoms with Crippen LogP contribution in [0.2, 0.25) is 0 Å². The van der Waals surface area contributed by atoms with E-state index in [0.717, 1.165) is 0 Å². The minimum Gasteiger partial charge on any atom is -0.354 e. The molecule has 0 radical (unpaired) electrons. The summed E-state index contributed by atoms with van der Waals surface area (Å²) in [6.45, 7) is 2.62. The quantitative estimate of drug-likeness (QED) is 0.277. The van der Waals surface area contributed by atoms with Crippen LogP contribution in [-0.4, -0.2) is 45.7 Å². The fourth-order valence-electron chi connectivity index (χ4n) is 1.82. The third-order valence-electron chi connectivity index (χ3n) is 3.15. The zero-order valence-electron chi connectivity index (χ0n) is 14.0. The van der Waals surface area contributed by atoms with Crippen LogP contribution < -0.4 is 10.6 Å². The van der Waals surface area contributed by atoms with Gasteiger partial charge in [0.1, 0.15) is 9.84 Å². The molecule has 0 spiro atoms. The summed E-state index contributed by atoms with van der Waals surface area (Å²) in [6.07, 6.45) is 3.86. The Morgan fingerprint density at radius 2 is 1.91 bits per heavy atom. The van der Waals surface area contributed by atoms with Crippen molar-refractivity contribution in [1.82, 2.24) is 10.6 Å². The van der Waals surface area contributed by atoms with Gasteiger partial charge in [-0.05, 0) is 37.3 Å². The average molecular weight is 471 g/mol. The number of halogens is 1. The number of aliphatic imine (C=N–C) groups is 1. The molecule has 0 aliphatic heterocycles. The molecule has 1 atom stereocenters. The van der Waals surface area contributed by atoms with Crippen LogP contribution in [0.3, 0.4) is 0 Å². The summed E-state index contributed by atoms with van der Waals surface area (Å²) >= 11 is 1.72. The van der Waals surface area contributed by atoms with Crippen molar-refractivity contribution in [2.45, 2.75) is 30.8 Å². The smallest absolute Gasteiger partial charge is 0.191 e. The van der Waals surface area contributed by atoms with Crippen molar-refractivity contribution in [3.63, 3.8) is 0 Å². The normalized spacial score (nSPS) is 13.1. The highest BCUT2D eigenvalue weighted by molar-refractivity contribution is 14.0. The first kappa shape index (κ1) is 22.5. The molecule has 0 aliphatic rings. The number of rotatable bonds is 7. The lowest BCUT2D eigenvalue weighted by Gasteiger charge is -2.17. The minimum absolute atomic E-state index is 0. The fourth-order valence-corrected chi connectivity index (χ4v) is 3.01. The monoisotopic (exact) mass is 471 g/mol. The zero-order valence-corrected chi connectivity index (χ0v) is 18.0. The van der Waals surface area contributed by atoms with E-state index in [0.29, 0.717) is 18.9 Å². The summed E-state index contributed by atoms with van der Waals surface area (Å²) in [7, 11) is -1.22. The van der Waals surface area contributed by atoms with Crippen molar-refractivity contribution in [3.8, 4) is 0 Å². The van der Waals surface area contributed by atoms with Gasteiger partial charge < -0.3 is 10.6 Å². The number of hydrogen-bond acceptors (Lipinski definition) is 4. The SMILES string of the molecule is CN=C(NCc1ccc(SC)cc1)NC(C)CCS(C)(=O)=O.I. The lowest BCUT2D eigenvalue weighted by Crippen LogP contribution is -2.42. The average Bonchev–Trinajstić information content (AvgIpc) is 2.49. The van der Waals surface area contributed by atoms with Crippen LogP contribution in [0.5, 0.6) is 0 Å². The molecule has 2 N–H and O–H groups in total. The predicted octanol–water partition coefficient (Wildman–Crippen LogP) is 2.51. The summed E-state index contributed by atoms with van der Waals surface area (Å²) in [5.74, 6) is 0.851. The second-order valence-corrected chi connectivity index (χ2v) is 8.38. The van der Waals surface area contributed by atoms with Gasteiger partial charge in [0.15, 0.2) is 5.96 Å². The van der Waals surface area contributed by atoms with E-state index in [1.165, 1.54) is 16.7 Å². The van der Waals surface area contributed by atoms with Gasteiger partial charge in [-0.25, -0.2) is 8.42 Å². The van der Waals surface area contributed by atoms with Crippen LogP contribution in [0.25, 0.3) is 0 Å². The maximum Gasteiger partial charge on any atom is 0.191 e. The highest BCUT2D eigenvalue weighted by Gasteiger charge is 2.09. The standard InChI is InChI=1S/C15H25N3O2S2.HI/c1-12(9-10-22(4,19)20)18-15(16-2)17-11-13-5-7-14(21-3)8-6-13;/h5-8,12H,9-11H2,1-4H3,(H2,16,17,18);1H. The van der Waals surface area contributed by atoms with Crippen molar-refractivity contribution in [3.05, 3.63) is 29.8 Å². The van der Waals surface area contributed by atoms with Gasteiger partial charge >= 0.3 is 0 Å². The molecular formula is C15H26IN3O2S2. The molecular weight excluding hydrogens is 445 g/mol. The molecule has 0 heterocycles. The molecule has 0 fully saturated rings. The van der Waals surface area contributed by atoms with Crippen molar-refractivity contribution < 1.29 is 8.42 Å². The Kier molecular flexibility index (Phi) is 10.9. The Balaban J connectivity index is 0.00000484. The summed E-state index contributed by atoms with van der Waals surface area (Å²) in [5.41, 5.74) is 1.17. The third-order valence-corrected chi connectivity index (χ3v) is 4.87. The molecule has 0 saturated heterocycles. The van der Waals surface area contributed by atoms with Gasteiger partial charge in [-0.2, -0.15) is 0 Å². The van der Waals surface area contributed by atoms with Crippen LogP contribution >= 0.6 is 35.7 Å². The first-order valence-corrected chi connectivity index (χ1v) is 10.4. The Morgan fingerprint density at radius 3 is 2.39 bits per heavy atom. The summed E-state index contributed by atoms with van der Waals surface area (Å²) in [4.78, 5) is 5.40. The van der Waals surface area contributed by atoms with Crippen LogP contribution in [0.4, 0.5) is 0 Å². The van der Waals surface area contributed by atoms with Gasteiger partial charge in [0, 0.05) is 30.8 Å². The van der Waals surface area contributed by atoms with E-state index < -0.39 is 9.84 Å². The number of guanidine groups is 1. The number of benzene rings is 1. The van der Waals surface area contributed by atoms with Gasteiger partial charge in [0.05, 0.1) is 5.75 Å². The fraction of sp³-hybridized carbons (Fsp3) is 0.533. The molecule has 1 unspecified atom stereocenters. The summed E-state index contributed by atoms with van der Waals surface area (Å²) in [6, 6.07) is 8.39. The first-order chi connectivity index (χ1) is 10.3. The van der Waals surface area contributed by atoms with E-state index >= 15 is 0 Å². The summed E-state index contributed by atoms with van der Waals surface area (Å²) < 4.78 is 22.4. The number of nitrogens with zero attached hydrogens (tertiary/aromatic N) is 1. The molecule has 0 aliphatic carbocycles. The topological polar surface area (TPSA) is 70.6 Å². The van der Waals surface area contributed by atoms with E-state index in [-0.39, 0.29) is 35.8 Å². The lowest BCUT2D eigenvalue weighted by molar-refractivity contribution is 0.581. The van der Waals surface area contributed by atoms with Crippen molar-refractivity contribution in [2.24, 2.45) is 4.99 Å². The molecule has 23 heavy (non-hydrogen) atoms. The van der Waals surface area contributed by atoms with E-state index in [1.54, 1.807) is 18.8 Å². The summed E-state index contributed by atoms with van der Waals surface area (Å²) in [5, 5.41) is 6.44. The van der Waals surface area contributed by atoms with Crippen LogP contribution in [0, 0.1) is 0 Å². The number of thioether (sulfide) groups is 1. The molecule has 5 nitrogen and oxygen atoms in total. The van der Waals surface area contributed by atoms with Crippen molar-refractivity contribution >= 4 is 51.5 Å². The van der Waals surface area contributed by atoms with Crippen LogP contribution in [0.1, 0.15) is 18.9 Å². The van der Waals surface area contributed by atoms with E-state index in [4.69, 9.17) is 0 Å². The van der Waals surface area contributed by atoms with Gasteiger partial charge in [0.2, 0.25) is 0 Å². The lowest BCUT2D eigenvalue weighted by atomic mass is 10.2. The van der Waals surface area contributed by atoms with Crippen molar-refractivity contribution in [2.75, 3.05) is 25.3 Å². The second-order valence-electron chi connectivity index (χ2n) is 5.24. The molecule has 132 valence electrons. The molecule has 0 amide bonds. The Labute approximate surface area is 161 Å². The maximum atomic E-state index is 11.2. The predicted molar refractivity (Wildman–Crippen MR) is 111 cm³/mol. The Morgan fingerprint density at radius 1 is 1.30 bits per heavy atom. The molecule has 0 aromatic heterocycles. The van der Waals surface area contributed by atoms with Gasteiger partial charge in [-0.15, -0.1) is 35.7 Å². The number of nitrogens with one attached hydrogen (secondary N) is 2. The minimum atomic E-state index is -2.93. The van der Waals surface area contributed by atoms with Gasteiger partial charge in [-0.3, -0.25) is 4.99 Å². The van der Waals surface area contributed by atoms with E-state index in [2.05, 4.69) is 46.1 Å². The molecule has 1 aromatic carbocycles. The Hall–Kier alpha value is -0.480. The van der Waals surface area contributed by atoms with E-state index in [9.17, 15) is 8.42 Å². The van der Waals surface area contributed by atoms with Gasteiger partial charge in [-0.1, -0.05) is 12.1 Å². The van der Waals surface area contributed by atoms with Crippen LogP contribution in [-0.2, 0) is 16.4 Å². The molecule has 0 saturated carbocycles. The highest BCUT2D eigenvalue weighted by Crippen LogP contribution is 2.14.